The highest BCUT2D eigenvalue weighted by atomic mass is 19.4. The molecule has 0 aliphatic rings. The average molecular weight is 264 g/mol. The van der Waals surface area contributed by atoms with Gasteiger partial charge in [0, 0.05) is 5.56 Å². The Kier molecular flexibility index (Phi) is 4.98. The molecule has 0 amide bonds. The summed E-state index contributed by atoms with van der Waals surface area (Å²) in [7, 11) is 0. The van der Waals surface area contributed by atoms with Gasteiger partial charge >= 0.3 is 6.18 Å². The van der Waals surface area contributed by atoms with Crippen molar-refractivity contribution in [1.29, 1.82) is 0 Å². The lowest BCUT2D eigenvalue weighted by molar-refractivity contribution is -0.210. The molecule has 2 N–H and O–H groups in total. The quantitative estimate of drug-likeness (QED) is 0.858. The summed E-state index contributed by atoms with van der Waals surface area (Å²) in [6.45, 7) is 0.850. The lowest BCUT2D eigenvalue weighted by Crippen LogP contribution is -2.34. The molecule has 0 radical (unpaired) electrons. The second-order valence-corrected chi connectivity index (χ2v) is 3.83. The molecule has 0 spiro atoms. The molecule has 0 fully saturated rings. The fraction of sp³-hybridized carbons (Fsp3) is 0.500. The number of hydrogen-bond donors (Lipinski definition) is 2. The van der Waals surface area contributed by atoms with Gasteiger partial charge in [0.05, 0.1) is 6.10 Å². The number of ether oxygens (including phenoxy) is 1. The van der Waals surface area contributed by atoms with Crippen LogP contribution >= 0.6 is 0 Å². The molecule has 1 rings (SSSR count). The Hall–Kier alpha value is -1.27. The standard InChI is InChI=1S/C12H15F3O3/c1-2-9(16)8-5-3-4-6-10(8)18-7-11(17)12(13,14)15/h3-6,9,11,16-17H,2,7H2,1H3. The van der Waals surface area contributed by atoms with E-state index in [1.165, 1.54) is 6.07 Å². The van der Waals surface area contributed by atoms with Gasteiger partial charge in [-0.2, -0.15) is 13.2 Å². The Morgan fingerprint density at radius 3 is 2.39 bits per heavy atom. The highest BCUT2D eigenvalue weighted by Gasteiger charge is 2.38. The van der Waals surface area contributed by atoms with Gasteiger partial charge < -0.3 is 14.9 Å². The van der Waals surface area contributed by atoms with Crippen molar-refractivity contribution in [2.45, 2.75) is 31.7 Å². The second kappa shape index (κ2) is 6.06. The Bertz CT molecular complexity index is 379. The first-order valence-electron chi connectivity index (χ1n) is 5.50. The first-order valence-corrected chi connectivity index (χ1v) is 5.50. The molecular weight excluding hydrogens is 249 g/mol. The minimum Gasteiger partial charge on any atom is -0.490 e. The number of aliphatic hydroxyl groups is 2. The average Bonchev–Trinajstić information content (AvgIpc) is 2.34. The molecule has 0 aliphatic carbocycles. The molecule has 2 atom stereocenters. The third-order valence-corrected chi connectivity index (χ3v) is 2.44. The van der Waals surface area contributed by atoms with Crippen LogP contribution in [0.15, 0.2) is 24.3 Å². The van der Waals surface area contributed by atoms with Gasteiger partial charge in [-0.3, -0.25) is 0 Å². The summed E-state index contributed by atoms with van der Waals surface area (Å²) in [6, 6.07) is 6.27. The minimum absolute atomic E-state index is 0.148. The normalized spacial score (nSPS) is 15.2. The smallest absolute Gasteiger partial charge is 0.417 e. The van der Waals surface area contributed by atoms with Crippen molar-refractivity contribution in [2.24, 2.45) is 0 Å². The summed E-state index contributed by atoms with van der Waals surface area (Å²) in [5, 5.41) is 18.5. The molecule has 0 bridgehead atoms. The van der Waals surface area contributed by atoms with Crippen molar-refractivity contribution in [3.05, 3.63) is 29.8 Å². The Morgan fingerprint density at radius 2 is 1.83 bits per heavy atom. The third-order valence-electron chi connectivity index (χ3n) is 2.44. The van der Waals surface area contributed by atoms with Gasteiger partial charge in [-0.15, -0.1) is 0 Å². The van der Waals surface area contributed by atoms with E-state index in [0.717, 1.165) is 0 Å². The van der Waals surface area contributed by atoms with Gasteiger partial charge in [0.1, 0.15) is 12.4 Å². The lowest BCUT2D eigenvalue weighted by atomic mass is 10.1. The SMILES string of the molecule is CCC(O)c1ccccc1OCC(O)C(F)(F)F. The van der Waals surface area contributed by atoms with E-state index >= 15 is 0 Å². The number of rotatable bonds is 5. The van der Waals surface area contributed by atoms with E-state index in [0.29, 0.717) is 12.0 Å². The van der Waals surface area contributed by atoms with Crippen LogP contribution in [-0.4, -0.2) is 29.1 Å². The number of benzene rings is 1. The van der Waals surface area contributed by atoms with Crippen LogP contribution in [0.1, 0.15) is 25.0 Å². The van der Waals surface area contributed by atoms with E-state index in [4.69, 9.17) is 9.84 Å². The molecule has 0 aliphatic heterocycles. The fourth-order valence-electron chi connectivity index (χ4n) is 1.37. The zero-order valence-corrected chi connectivity index (χ0v) is 9.81. The Morgan fingerprint density at radius 1 is 1.22 bits per heavy atom. The van der Waals surface area contributed by atoms with Gasteiger partial charge in [-0.1, -0.05) is 25.1 Å². The molecule has 0 heterocycles. The summed E-state index contributed by atoms with van der Waals surface area (Å²) >= 11 is 0. The Balaban J connectivity index is 2.73. The maximum absolute atomic E-state index is 12.1. The maximum Gasteiger partial charge on any atom is 0.417 e. The maximum atomic E-state index is 12.1. The van der Waals surface area contributed by atoms with Crippen molar-refractivity contribution in [3.8, 4) is 5.75 Å². The highest BCUT2D eigenvalue weighted by Crippen LogP contribution is 2.28. The molecule has 6 heteroatoms. The summed E-state index contributed by atoms with van der Waals surface area (Å²) in [5.74, 6) is 0.148. The van der Waals surface area contributed by atoms with Crippen LogP contribution in [0.3, 0.4) is 0 Å². The van der Waals surface area contributed by atoms with Crippen LogP contribution in [0.5, 0.6) is 5.75 Å². The zero-order chi connectivity index (χ0) is 13.8. The second-order valence-electron chi connectivity index (χ2n) is 3.83. The first-order chi connectivity index (χ1) is 8.36. The van der Waals surface area contributed by atoms with Crippen LogP contribution in [0.4, 0.5) is 13.2 Å². The fourth-order valence-corrected chi connectivity index (χ4v) is 1.37. The highest BCUT2D eigenvalue weighted by molar-refractivity contribution is 5.35. The van der Waals surface area contributed by atoms with E-state index < -0.39 is 25.0 Å². The molecule has 0 saturated carbocycles. The molecule has 0 aromatic heterocycles. The first kappa shape index (κ1) is 14.8. The van der Waals surface area contributed by atoms with E-state index in [-0.39, 0.29) is 5.75 Å². The number of halogens is 3. The molecule has 1 aromatic rings. The number of alkyl halides is 3. The van der Waals surface area contributed by atoms with Gasteiger partial charge in [0.15, 0.2) is 6.10 Å². The van der Waals surface area contributed by atoms with Crippen LogP contribution in [0.2, 0.25) is 0 Å². The van der Waals surface area contributed by atoms with E-state index in [1.807, 2.05) is 0 Å². The van der Waals surface area contributed by atoms with Crippen molar-refractivity contribution in [1.82, 2.24) is 0 Å². The monoisotopic (exact) mass is 264 g/mol. The van der Waals surface area contributed by atoms with E-state index in [2.05, 4.69) is 0 Å². The largest absolute Gasteiger partial charge is 0.490 e. The van der Waals surface area contributed by atoms with Gasteiger partial charge in [0.25, 0.3) is 0 Å². The van der Waals surface area contributed by atoms with Gasteiger partial charge in [-0.05, 0) is 12.5 Å². The molecule has 18 heavy (non-hydrogen) atoms. The lowest BCUT2D eigenvalue weighted by Gasteiger charge is -2.18. The molecule has 102 valence electrons. The summed E-state index contributed by atoms with van der Waals surface area (Å²) in [5.41, 5.74) is 0.411. The predicted molar refractivity (Wildman–Crippen MR) is 59.2 cm³/mol. The van der Waals surface area contributed by atoms with Gasteiger partial charge in [0.2, 0.25) is 0 Å². The molecule has 1 aromatic carbocycles. The summed E-state index contributed by atoms with van der Waals surface area (Å²) in [4.78, 5) is 0. The van der Waals surface area contributed by atoms with Crippen molar-refractivity contribution in [2.75, 3.05) is 6.61 Å². The summed E-state index contributed by atoms with van der Waals surface area (Å²) in [6.07, 6.45) is -7.63. The van der Waals surface area contributed by atoms with Crippen molar-refractivity contribution in [3.63, 3.8) is 0 Å². The number of para-hydroxylation sites is 1. The third kappa shape index (κ3) is 3.89. The van der Waals surface area contributed by atoms with Crippen LogP contribution < -0.4 is 4.74 Å². The van der Waals surface area contributed by atoms with Crippen LogP contribution in [-0.2, 0) is 0 Å². The van der Waals surface area contributed by atoms with Crippen molar-refractivity contribution >= 4 is 0 Å². The van der Waals surface area contributed by atoms with E-state index in [1.54, 1.807) is 25.1 Å². The molecular formula is C12H15F3O3. The minimum atomic E-state index is -4.71. The summed E-state index contributed by atoms with van der Waals surface area (Å²) < 4.78 is 41.2. The topological polar surface area (TPSA) is 49.7 Å². The van der Waals surface area contributed by atoms with Crippen LogP contribution in [0, 0.1) is 0 Å². The predicted octanol–water partition coefficient (Wildman–Crippen LogP) is 2.43. The Labute approximate surface area is 103 Å². The van der Waals surface area contributed by atoms with Crippen molar-refractivity contribution < 1.29 is 28.1 Å². The van der Waals surface area contributed by atoms with E-state index in [9.17, 15) is 18.3 Å². The zero-order valence-electron chi connectivity index (χ0n) is 9.81. The number of aliphatic hydroxyl groups excluding tert-OH is 2. The van der Waals surface area contributed by atoms with Gasteiger partial charge in [-0.25, -0.2) is 0 Å². The molecule has 0 saturated heterocycles. The number of hydrogen-bond acceptors (Lipinski definition) is 3. The van der Waals surface area contributed by atoms with Crippen LogP contribution in [0.25, 0.3) is 0 Å². The molecule has 2 unspecified atom stereocenters. The molecule has 3 nitrogen and oxygen atoms in total.